The minimum absolute atomic E-state index is 0.222. The van der Waals surface area contributed by atoms with Gasteiger partial charge in [0.05, 0.1) is 7.11 Å². The molecule has 3 unspecified atom stereocenters. The lowest BCUT2D eigenvalue weighted by atomic mass is 9.86. The van der Waals surface area contributed by atoms with Gasteiger partial charge in [0.25, 0.3) is 0 Å². The molecule has 1 heterocycles. The highest BCUT2D eigenvalue weighted by Gasteiger charge is 2.32. The van der Waals surface area contributed by atoms with Crippen molar-refractivity contribution in [3.8, 4) is 0 Å². The van der Waals surface area contributed by atoms with Crippen LogP contribution in [-0.4, -0.2) is 49.2 Å². The fraction of sp³-hybridized carbons (Fsp3) is 0.467. The normalized spacial score (nSPS) is 18.0. The van der Waals surface area contributed by atoms with Gasteiger partial charge < -0.3 is 24.8 Å². The summed E-state index contributed by atoms with van der Waals surface area (Å²) in [4.78, 5) is 48.7. The third kappa shape index (κ3) is 15.0. The van der Waals surface area contributed by atoms with Gasteiger partial charge in [-0.3, -0.25) is 14.3 Å². The maximum Gasteiger partial charge on any atom is 0.417 e. The van der Waals surface area contributed by atoms with Crippen molar-refractivity contribution in [1.82, 2.24) is 15.4 Å². The third-order valence-corrected chi connectivity index (χ3v) is 6.20. The Labute approximate surface area is 258 Å². The molecule has 0 aliphatic carbocycles. The molecular weight excluding hydrogens is 582 g/mol. The third-order valence-electron chi connectivity index (χ3n) is 5.87. The van der Waals surface area contributed by atoms with Crippen molar-refractivity contribution < 1.29 is 33.4 Å². The quantitative estimate of drug-likeness (QED) is 0.0893. The molecule has 0 fully saturated rings. The fourth-order valence-corrected chi connectivity index (χ4v) is 3.74. The summed E-state index contributed by atoms with van der Waals surface area (Å²) >= 11 is 9.55. The number of cyclic esters (lactones) is 1. The molecule has 0 saturated carbocycles. The average molecular weight is 624 g/mol. The highest BCUT2D eigenvalue weighted by atomic mass is 35.5. The Morgan fingerprint density at radius 3 is 2.45 bits per heavy atom. The molecule has 1 aliphatic rings. The Bertz CT molecular complexity index is 1130. The van der Waals surface area contributed by atoms with E-state index in [-0.39, 0.29) is 11.9 Å². The Morgan fingerprint density at radius 2 is 1.86 bits per heavy atom. The Morgan fingerprint density at radius 1 is 1.17 bits per heavy atom. The van der Waals surface area contributed by atoms with Gasteiger partial charge in [0.2, 0.25) is 11.8 Å². The first-order valence-electron chi connectivity index (χ1n) is 13.4. The number of hydrogen-bond acceptors (Lipinski definition) is 8. The van der Waals surface area contributed by atoms with Crippen LogP contribution in [0.2, 0.25) is 0 Å². The van der Waals surface area contributed by atoms with Crippen LogP contribution in [0.15, 0.2) is 71.2 Å². The second-order valence-electron chi connectivity index (χ2n) is 10.6. The number of rotatable bonds is 14. The maximum atomic E-state index is 12.9. The van der Waals surface area contributed by atoms with E-state index in [1.165, 1.54) is 19.4 Å². The minimum Gasteiger partial charge on any atom is -0.490 e. The second kappa shape index (κ2) is 18.9. The van der Waals surface area contributed by atoms with Crippen molar-refractivity contribution in [3.05, 3.63) is 71.2 Å². The monoisotopic (exact) mass is 623 g/mol. The number of esters is 1. The van der Waals surface area contributed by atoms with Crippen LogP contribution in [0.25, 0.3) is 0 Å². The van der Waals surface area contributed by atoms with Gasteiger partial charge in [-0.25, -0.2) is 9.59 Å². The molecule has 3 amide bonds. The average Bonchev–Trinajstić information content (AvgIpc) is 2.92. The molecule has 42 heavy (non-hydrogen) atoms. The smallest absolute Gasteiger partial charge is 0.417 e. The van der Waals surface area contributed by atoms with Crippen LogP contribution < -0.4 is 15.4 Å². The first kappa shape index (κ1) is 36.6. The number of carbonyl (C=O) groups is 4. The molecule has 0 radical (unpaired) electrons. The van der Waals surface area contributed by atoms with Gasteiger partial charge in [0.1, 0.15) is 18.2 Å². The van der Waals surface area contributed by atoms with Gasteiger partial charge in [0, 0.05) is 36.8 Å². The second-order valence-corrected chi connectivity index (χ2v) is 11.4. The van der Waals surface area contributed by atoms with Crippen molar-refractivity contribution in [2.75, 3.05) is 7.11 Å². The number of hydrogen-bond donors (Lipinski definition) is 4. The molecule has 0 aromatic carbocycles. The minimum atomic E-state index is -0.820. The number of carbonyl (C=O) groups excluding carboxylic acids is 4. The summed E-state index contributed by atoms with van der Waals surface area (Å²) in [5.41, 5.74) is 0.362. The summed E-state index contributed by atoms with van der Waals surface area (Å²) in [7, 11) is 1.43. The number of ether oxygens (including phenoxy) is 3. The number of amides is 3. The summed E-state index contributed by atoms with van der Waals surface area (Å²) < 4.78 is 17.6. The van der Waals surface area contributed by atoms with Gasteiger partial charge in [-0.05, 0) is 31.5 Å². The Hall–Kier alpha value is -3.44. The van der Waals surface area contributed by atoms with E-state index in [0.717, 1.165) is 5.57 Å². The highest BCUT2D eigenvalue weighted by molar-refractivity contribution is 7.78. The molecule has 0 aromatic rings. The van der Waals surface area contributed by atoms with E-state index in [9.17, 15) is 19.2 Å². The van der Waals surface area contributed by atoms with Gasteiger partial charge >= 0.3 is 12.1 Å². The van der Waals surface area contributed by atoms with Gasteiger partial charge in [0.15, 0.2) is 5.76 Å². The first-order valence-corrected chi connectivity index (χ1v) is 14.2. The first-order chi connectivity index (χ1) is 19.8. The maximum absolute atomic E-state index is 12.9. The molecule has 0 spiro atoms. The van der Waals surface area contributed by atoms with Crippen LogP contribution >= 0.6 is 24.4 Å². The lowest BCUT2D eigenvalue weighted by Crippen LogP contribution is -2.52. The Balaban J connectivity index is 2.66. The molecule has 10 nitrogen and oxygen atoms in total. The van der Waals surface area contributed by atoms with Crippen LogP contribution in [-0.2, 0) is 28.6 Å². The number of methoxy groups -OCH3 is 1. The van der Waals surface area contributed by atoms with Crippen LogP contribution in [0.3, 0.4) is 0 Å². The molecule has 1 aliphatic heterocycles. The van der Waals surface area contributed by atoms with Crippen molar-refractivity contribution in [1.29, 1.82) is 0 Å². The van der Waals surface area contributed by atoms with Crippen molar-refractivity contribution in [2.45, 2.75) is 78.6 Å². The number of thiol groups is 1. The molecule has 3 atom stereocenters. The van der Waals surface area contributed by atoms with Crippen LogP contribution in [0.4, 0.5) is 4.79 Å². The summed E-state index contributed by atoms with van der Waals surface area (Å²) in [6, 6.07) is -0.820. The Kier molecular flexibility index (Phi) is 16.5. The highest BCUT2D eigenvalue weighted by Crippen LogP contribution is 2.20. The topological polar surface area (TPSA) is 132 Å². The van der Waals surface area contributed by atoms with Crippen LogP contribution in [0, 0.1) is 5.41 Å². The van der Waals surface area contributed by atoms with Crippen molar-refractivity contribution >= 4 is 48.3 Å². The zero-order valence-corrected chi connectivity index (χ0v) is 26.6. The van der Waals surface area contributed by atoms with Crippen LogP contribution in [0.5, 0.6) is 0 Å². The van der Waals surface area contributed by atoms with E-state index in [1.807, 2.05) is 39.8 Å². The van der Waals surface area contributed by atoms with E-state index >= 15 is 0 Å². The molecule has 232 valence electrons. The molecule has 1 rings (SSSR count). The van der Waals surface area contributed by atoms with E-state index in [0.29, 0.717) is 30.7 Å². The molecule has 0 aromatic heterocycles. The number of allylic oxidation sites excluding steroid dienone is 5. The van der Waals surface area contributed by atoms with Crippen LogP contribution in [0.1, 0.15) is 60.3 Å². The van der Waals surface area contributed by atoms with Gasteiger partial charge in [-0.1, -0.05) is 87.2 Å². The molecule has 12 heteroatoms. The zero-order chi connectivity index (χ0) is 31.7. The molecular formula is C30H42ClN3O7S. The number of nitrogens with one attached hydrogen (secondary N) is 3. The predicted octanol–water partition coefficient (Wildman–Crippen LogP) is 5.30. The molecule has 3 N–H and O–H groups in total. The van der Waals surface area contributed by atoms with Gasteiger partial charge in [-0.15, -0.1) is 0 Å². The SMILES string of the molecule is COC1=CCC(C/C=C(C)/C=C/C=C/C(=O)NC(C(=O)N/C=C\CC(C/C=C(\C)Cl)OC(=O)NS)C(C)(C)C)OC1=O. The van der Waals surface area contributed by atoms with E-state index in [2.05, 4.69) is 28.2 Å². The van der Waals surface area contributed by atoms with E-state index in [4.69, 9.17) is 25.8 Å². The summed E-state index contributed by atoms with van der Waals surface area (Å²) in [6.45, 7) is 9.14. The largest absolute Gasteiger partial charge is 0.490 e. The molecule has 0 saturated heterocycles. The van der Waals surface area contributed by atoms with E-state index in [1.54, 1.807) is 37.3 Å². The summed E-state index contributed by atoms with van der Waals surface area (Å²) in [5, 5.41) is 5.99. The lowest BCUT2D eigenvalue weighted by Gasteiger charge is -2.29. The fourth-order valence-electron chi connectivity index (χ4n) is 3.60. The predicted molar refractivity (Wildman–Crippen MR) is 166 cm³/mol. The molecule has 0 bridgehead atoms. The van der Waals surface area contributed by atoms with Crippen molar-refractivity contribution in [3.63, 3.8) is 0 Å². The summed E-state index contributed by atoms with van der Waals surface area (Å²) in [6.07, 6.45) is 15.3. The van der Waals surface area contributed by atoms with E-state index < -0.39 is 41.4 Å². The summed E-state index contributed by atoms with van der Waals surface area (Å²) in [5.74, 6) is -1.07. The number of halogens is 1. The standard InChI is InChI=1S/C30H42ClN3O7S/c1-20(13-15-23-17-18-24(39-6)28(37)40-23)10-7-8-12-25(35)33-26(30(3,4)5)27(36)32-19-9-11-22(16-14-21(2)31)41-29(38)34-42/h7-10,12-14,18-19,22-23,26,42H,11,15-17H2,1-6H3,(H,32,36)(H,33,35)(H,34,38)/b10-7+,12-8+,19-9-,20-13+,21-14+. The van der Waals surface area contributed by atoms with Crippen molar-refractivity contribution in [2.24, 2.45) is 5.41 Å². The van der Waals surface area contributed by atoms with Gasteiger partial charge in [-0.2, -0.15) is 0 Å². The lowest BCUT2D eigenvalue weighted by molar-refractivity contribution is -0.149. The zero-order valence-electron chi connectivity index (χ0n) is 24.9.